The number of nitrogens with zero attached hydrogens (tertiary/aromatic N) is 2. The normalized spacial score (nSPS) is 9.38. The summed E-state index contributed by atoms with van der Waals surface area (Å²) in [5, 5.41) is 22.8. The number of rotatable bonds is 4. The zero-order valence-electron chi connectivity index (χ0n) is 12.2. The Kier molecular flexibility index (Phi) is 7.11. The van der Waals surface area contributed by atoms with Crippen molar-refractivity contribution >= 4 is 40.3 Å². The van der Waals surface area contributed by atoms with Crippen LogP contribution in [0.4, 0.5) is 22.7 Å². The Morgan fingerprint density at radius 3 is 1.75 bits per heavy atom. The highest BCUT2D eigenvalue weighted by Gasteiger charge is 2.05. The molecule has 0 atom stereocenters. The van der Waals surface area contributed by atoms with E-state index in [2.05, 4.69) is 5.32 Å². The van der Waals surface area contributed by atoms with Gasteiger partial charge in [-0.25, -0.2) is 0 Å². The predicted octanol–water partition coefficient (Wildman–Crippen LogP) is 2.95. The van der Waals surface area contributed by atoms with E-state index < -0.39 is 9.85 Å². The van der Waals surface area contributed by atoms with Crippen LogP contribution in [-0.2, 0) is 4.79 Å². The zero-order valence-corrected chi connectivity index (χ0v) is 13.0. The van der Waals surface area contributed by atoms with Crippen molar-refractivity contribution in [2.75, 3.05) is 16.9 Å². The van der Waals surface area contributed by atoms with Crippen LogP contribution in [0.25, 0.3) is 0 Å². The summed E-state index contributed by atoms with van der Waals surface area (Å²) in [6.45, 7) is 0. The summed E-state index contributed by atoms with van der Waals surface area (Å²) in [6.07, 6.45) is 0. The second-order valence-corrected chi connectivity index (χ2v) is 4.60. The van der Waals surface area contributed by atoms with E-state index in [-0.39, 0.29) is 23.2 Å². The number of amides is 1. The number of halogens is 1. The fraction of sp³-hybridized carbons (Fsp3) is 0.0714. The zero-order chi connectivity index (χ0) is 18.1. The maximum absolute atomic E-state index is 10.8. The molecule has 2 rings (SSSR count). The molecule has 2 aromatic carbocycles. The summed E-state index contributed by atoms with van der Waals surface area (Å²) in [4.78, 5) is 30.2. The number of nitrogens with one attached hydrogen (secondary N) is 1. The summed E-state index contributed by atoms with van der Waals surface area (Å²) >= 11 is 5.26. The van der Waals surface area contributed by atoms with Crippen LogP contribution in [-0.4, -0.2) is 21.6 Å². The van der Waals surface area contributed by atoms with Crippen molar-refractivity contribution in [1.29, 1.82) is 0 Å². The fourth-order valence-corrected chi connectivity index (χ4v) is 1.52. The third-order valence-corrected chi connectivity index (χ3v) is 2.83. The lowest BCUT2D eigenvalue weighted by Gasteiger charge is -2.01. The summed E-state index contributed by atoms with van der Waals surface area (Å²) < 4.78 is 0. The molecular formula is C14H13ClN4O5. The number of hydrogen-bond acceptors (Lipinski definition) is 6. The Balaban J connectivity index is 0.000000254. The lowest BCUT2D eigenvalue weighted by molar-refractivity contribution is -0.385. The molecule has 126 valence electrons. The van der Waals surface area contributed by atoms with Crippen molar-refractivity contribution < 1.29 is 14.6 Å². The minimum Gasteiger partial charge on any atom is -0.399 e. The van der Waals surface area contributed by atoms with E-state index in [0.717, 1.165) is 0 Å². The Morgan fingerprint density at radius 1 is 0.958 bits per heavy atom. The maximum atomic E-state index is 10.8. The van der Waals surface area contributed by atoms with E-state index >= 15 is 0 Å². The first-order valence-corrected chi connectivity index (χ1v) is 6.97. The van der Waals surface area contributed by atoms with Gasteiger partial charge >= 0.3 is 0 Å². The van der Waals surface area contributed by atoms with Gasteiger partial charge < -0.3 is 11.1 Å². The number of nitro benzene ring substituents is 2. The van der Waals surface area contributed by atoms with Crippen molar-refractivity contribution in [3.05, 3.63) is 68.8 Å². The smallest absolute Gasteiger partial charge is 0.269 e. The number of nitrogens with two attached hydrogens (primary N) is 1. The molecule has 2 aromatic rings. The van der Waals surface area contributed by atoms with E-state index in [1.807, 2.05) is 0 Å². The number of alkyl halides is 1. The minimum absolute atomic E-state index is 0.0196. The van der Waals surface area contributed by atoms with Gasteiger partial charge in [0.05, 0.1) is 9.85 Å². The Morgan fingerprint density at radius 2 is 1.38 bits per heavy atom. The number of benzene rings is 2. The molecule has 0 saturated carbocycles. The molecule has 0 saturated heterocycles. The van der Waals surface area contributed by atoms with Gasteiger partial charge in [0.2, 0.25) is 5.91 Å². The molecule has 1 amide bonds. The van der Waals surface area contributed by atoms with E-state index in [4.69, 9.17) is 17.3 Å². The number of nitrogen functional groups attached to an aromatic ring is 1. The highest BCUT2D eigenvalue weighted by Crippen LogP contribution is 2.15. The van der Waals surface area contributed by atoms with Gasteiger partial charge in [-0.05, 0) is 24.3 Å². The van der Waals surface area contributed by atoms with Gasteiger partial charge in [-0.1, -0.05) is 0 Å². The Hall–Kier alpha value is -3.20. The van der Waals surface area contributed by atoms with E-state index in [1.165, 1.54) is 48.5 Å². The number of non-ortho nitro benzene ring substituents is 2. The van der Waals surface area contributed by atoms with Crippen LogP contribution in [0.2, 0.25) is 0 Å². The van der Waals surface area contributed by atoms with Crippen LogP contribution in [0.15, 0.2) is 48.5 Å². The molecule has 9 nitrogen and oxygen atoms in total. The van der Waals surface area contributed by atoms with Crippen LogP contribution < -0.4 is 11.1 Å². The van der Waals surface area contributed by atoms with Crippen LogP contribution in [0.5, 0.6) is 0 Å². The van der Waals surface area contributed by atoms with Gasteiger partial charge in [0.15, 0.2) is 0 Å². The highest BCUT2D eigenvalue weighted by atomic mass is 35.5. The number of carbonyl (C=O) groups excluding carboxylic acids is 1. The minimum atomic E-state index is -0.507. The number of carbonyl (C=O) groups is 1. The number of nitro groups is 2. The molecule has 0 aromatic heterocycles. The standard InChI is InChI=1S/C8H7ClN2O3.C6H6N2O2/c9-5-8(12)10-6-1-3-7(4-2-6)11(13)14;7-5-1-3-6(4-2-5)8(9)10/h1-4H,5H2,(H,10,12);1-4H,7H2. The maximum Gasteiger partial charge on any atom is 0.269 e. The molecule has 0 bridgehead atoms. The van der Waals surface area contributed by atoms with Gasteiger partial charge in [0.25, 0.3) is 11.4 Å². The number of anilines is 2. The third-order valence-electron chi connectivity index (χ3n) is 2.59. The molecule has 0 aliphatic rings. The molecule has 0 unspecified atom stereocenters. The van der Waals surface area contributed by atoms with Gasteiger partial charge in [0.1, 0.15) is 5.88 Å². The van der Waals surface area contributed by atoms with Crippen LogP contribution in [0, 0.1) is 20.2 Å². The first-order valence-electron chi connectivity index (χ1n) is 6.43. The van der Waals surface area contributed by atoms with Crippen LogP contribution in [0.1, 0.15) is 0 Å². The van der Waals surface area contributed by atoms with Crippen molar-refractivity contribution in [3.8, 4) is 0 Å². The average molecular weight is 353 g/mol. The first-order chi connectivity index (χ1) is 11.3. The van der Waals surface area contributed by atoms with Gasteiger partial charge in [-0.2, -0.15) is 0 Å². The Labute approximate surface area is 141 Å². The summed E-state index contributed by atoms with van der Waals surface area (Å²) in [6, 6.07) is 11.2. The highest BCUT2D eigenvalue weighted by molar-refractivity contribution is 6.29. The topological polar surface area (TPSA) is 141 Å². The number of hydrogen-bond donors (Lipinski definition) is 2. The molecule has 0 heterocycles. The fourth-order valence-electron chi connectivity index (χ4n) is 1.46. The van der Waals surface area contributed by atoms with E-state index in [0.29, 0.717) is 11.4 Å². The summed E-state index contributed by atoms with van der Waals surface area (Å²) in [5.41, 5.74) is 6.37. The lowest BCUT2D eigenvalue weighted by atomic mass is 10.3. The SMILES string of the molecule is Nc1ccc([N+](=O)[O-])cc1.O=C(CCl)Nc1ccc([N+](=O)[O-])cc1. The molecule has 0 fully saturated rings. The molecule has 10 heteroatoms. The monoisotopic (exact) mass is 352 g/mol. The van der Waals surface area contributed by atoms with Crippen molar-refractivity contribution in [3.63, 3.8) is 0 Å². The summed E-state index contributed by atoms with van der Waals surface area (Å²) in [7, 11) is 0. The molecule has 0 radical (unpaired) electrons. The van der Waals surface area contributed by atoms with Crippen molar-refractivity contribution in [1.82, 2.24) is 0 Å². The van der Waals surface area contributed by atoms with Crippen molar-refractivity contribution in [2.45, 2.75) is 0 Å². The van der Waals surface area contributed by atoms with Crippen molar-refractivity contribution in [2.24, 2.45) is 0 Å². The third kappa shape index (κ3) is 6.28. The second kappa shape index (κ2) is 9.06. The van der Waals surface area contributed by atoms with Gasteiger partial charge in [-0.3, -0.25) is 25.0 Å². The van der Waals surface area contributed by atoms with Crippen LogP contribution >= 0.6 is 11.6 Å². The molecule has 24 heavy (non-hydrogen) atoms. The molecular weight excluding hydrogens is 340 g/mol. The second-order valence-electron chi connectivity index (χ2n) is 4.33. The molecule has 0 aliphatic heterocycles. The average Bonchev–Trinajstić information content (AvgIpc) is 2.56. The first kappa shape index (κ1) is 18.8. The predicted molar refractivity (Wildman–Crippen MR) is 90.0 cm³/mol. The van der Waals surface area contributed by atoms with Crippen LogP contribution in [0.3, 0.4) is 0 Å². The van der Waals surface area contributed by atoms with Gasteiger partial charge in [0, 0.05) is 35.6 Å². The lowest BCUT2D eigenvalue weighted by Crippen LogP contribution is -2.12. The summed E-state index contributed by atoms with van der Waals surface area (Å²) in [5.74, 6) is -0.489. The quantitative estimate of drug-likeness (QED) is 0.375. The molecule has 3 N–H and O–H groups in total. The van der Waals surface area contributed by atoms with E-state index in [1.54, 1.807) is 0 Å². The van der Waals surface area contributed by atoms with Gasteiger partial charge in [-0.15, -0.1) is 11.6 Å². The van der Waals surface area contributed by atoms with E-state index in [9.17, 15) is 25.0 Å². The Bertz CT molecular complexity index is 719. The largest absolute Gasteiger partial charge is 0.399 e. The molecule has 0 spiro atoms. The molecule has 0 aliphatic carbocycles.